The van der Waals surface area contributed by atoms with Crippen LogP contribution in [0.25, 0.3) is 0 Å². The Kier molecular flexibility index (Phi) is 8.02. The maximum absolute atomic E-state index is 12.7. The molecule has 0 saturated carbocycles. The average molecular weight is 462 g/mol. The van der Waals surface area contributed by atoms with Gasteiger partial charge in [0.25, 0.3) is 5.91 Å². The van der Waals surface area contributed by atoms with Gasteiger partial charge in [-0.25, -0.2) is 0 Å². The van der Waals surface area contributed by atoms with E-state index in [1.165, 1.54) is 12.1 Å². The molecule has 0 unspecified atom stereocenters. The number of aromatic nitrogens is 1. The van der Waals surface area contributed by atoms with Crippen LogP contribution in [0.15, 0.2) is 48.8 Å². The predicted octanol–water partition coefficient (Wildman–Crippen LogP) is 2.78. The maximum Gasteiger partial charge on any atom is 0.416 e. The summed E-state index contributed by atoms with van der Waals surface area (Å²) in [6.07, 6.45) is -0.108. The number of piperidine rings is 1. The zero-order chi connectivity index (χ0) is 23.8. The Morgan fingerprint density at radius 2 is 1.61 bits per heavy atom. The molecule has 176 valence electrons. The molecule has 0 radical (unpaired) electrons. The summed E-state index contributed by atoms with van der Waals surface area (Å²) in [7, 11) is 0. The maximum atomic E-state index is 12.7. The number of nitrogens with one attached hydrogen (secondary N) is 2. The third-order valence-electron chi connectivity index (χ3n) is 5.50. The van der Waals surface area contributed by atoms with Gasteiger partial charge in [-0.15, -0.1) is 0 Å². The van der Waals surface area contributed by atoms with Gasteiger partial charge in [-0.2, -0.15) is 13.2 Å². The van der Waals surface area contributed by atoms with Crippen molar-refractivity contribution in [1.82, 2.24) is 20.5 Å². The van der Waals surface area contributed by atoms with Crippen LogP contribution in [0, 0.1) is 5.92 Å². The number of benzene rings is 1. The van der Waals surface area contributed by atoms with E-state index in [1.54, 1.807) is 29.4 Å². The van der Waals surface area contributed by atoms with Crippen molar-refractivity contribution in [3.05, 3.63) is 65.5 Å². The lowest BCUT2D eigenvalue weighted by molar-refractivity contribution is -0.137. The summed E-state index contributed by atoms with van der Waals surface area (Å²) < 4.78 is 38.0. The zero-order valence-corrected chi connectivity index (χ0v) is 17.9. The molecule has 1 aromatic carbocycles. The molecule has 1 aliphatic rings. The van der Waals surface area contributed by atoms with Gasteiger partial charge in [-0.3, -0.25) is 19.4 Å². The van der Waals surface area contributed by atoms with E-state index < -0.39 is 11.7 Å². The number of hydrogen-bond donors (Lipinski definition) is 2. The Morgan fingerprint density at radius 1 is 0.970 bits per heavy atom. The number of likely N-dealkylation sites (tertiary alicyclic amines) is 1. The quantitative estimate of drug-likeness (QED) is 0.662. The van der Waals surface area contributed by atoms with Gasteiger partial charge in [0.1, 0.15) is 0 Å². The average Bonchev–Trinajstić information content (AvgIpc) is 2.82. The van der Waals surface area contributed by atoms with E-state index in [-0.39, 0.29) is 42.2 Å². The lowest BCUT2D eigenvalue weighted by Crippen LogP contribution is -2.43. The number of halogens is 3. The van der Waals surface area contributed by atoms with Gasteiger partial charge in [0.05, 0.1) is 5.56 Å². The fourth-order valence-electron chi connectivity index (χ4n) is 3.56. The first-order valence-electron chi connectivity index (χ1n) is 10.6. The number of rotatable bonds is 7. The Hall–Kier alpha value is -3.43. The molecule has 0 bridgehead atoms. The molecule has 2 heterocycles. The molecule has 3 amide bonds. The first-order valence-corrected chi connectivity index (χ1v) is 10.6. The largest absolute Gasteiger partial charge is 0.416 e. The van der Waals surface area contributed by atoms with Crippen molar-refractivity contribution in [1.29, 1.82) is 0 Å². The summed E-state index contributed by atoms with van der Waals surface area (Å²) in [6.45, 7) is 1.28. The molecule has 1 aromatic heterocycles. The topological polar surface area (TPSA) is 91.4 Å². The molecule has 7 nitrogen and oxygen atoms in total. The molecule has 2 aromatic rings. The Balaban J connectivity index is 1.37. The Morgan fingerprint density at radius 3 is 2.21 bits per heavy atom. The minimum absolute atomic E-state index is 0.155. The number of alkyl halides is 3. The van der Waals surface area contributed by atoms with Crippen molar-refractivity contribution in [2.75, 3.05) is 19.6 Å². The molecule has 10 heteroatoms. The number of pyridine rings is 1. The van der Waals surface area contributed by atoms with Gasteiger partial charge >= 0.3 is 6.18 Å². The van der Waals surface area contributed by atoms with Crippen molar-refractivity contribution in [3.8, 4) is 0 Å². The van der Waals surface area contributed by atoms with E-state index in [0.717, 1.165) is 17.7 Å². The zero-order valence-electron chi connectivity index (χ0n) is 17.9. The number of carbonyl (C=O) groups excluding carboxylic acids is 3. The second-order valence-electron chi connectivity index (χ2n) is 7.81. The molecule has 33 heavy (non-hydrogen) atoms. The summed E-state index contributed by atoms with van der Waals surface area (Å²) in [6, 6.07) is 7.72. The van der Waals surface area contributed by atoms with Gasteiger partial charge in [-0.1, -0.05) is 0 Å². The van der Waals surface area contributed by atoms with Crippen molar-refractivity contribution >= 4 is 17.7 Å². The summed E-state index contributed by atoms with van der Waals surface area (Å²) in [4.78, 5) is 42.3. The van der Waals surface area contributed by atoms with Gasteiger partial charge in [0, 0.05) is 56.5 Å². The molecule has 2 N–H and O–H groups in total. The van der Waals surface area contributed by atoms with Crippen LogP contribution in [-0.4, -0.2) is 47.2 Å². The van der Waals surface area contributed by atoms with Crippen LogP contribution in [0.4, 0.5) is 13.2 Å². The highest BCUT2D eigenvalue weighted by molar-refractivity contribution is 5.94. The summed E-state index contributed by atoms with van der Waals surface area (Å²) in [5.74, 6) is -0.974. The number of carbonyl (C=O) groups is 3. The van der Waals surface area contributed by atoms with Gasteiger partial charge in [0.2, 0.25) is 11.8 Å². The lowest BCUT2D eigenvalue weighted by Gasteiger charge is -2.31. The fourth-order valence-corrected chi connectivity index (χ4v) is 3.56. The fraction of sp³-hybridized carbons (Fsp3) is 0.391. The van der Waals surface area contributed by atoms with Crippen molar-refractivity contribution in [2.24, 2.45) is 5.92 Å². The van der Waals surface area contributed by atoms with Crippen molar-refractivity contribution in [3.63, 3.8) is 0 Å². The van der Waals surface area contributed by atoms with Gasteiger partial charge < -0.3 is 15.5 Å². The molecule has 3 rings (SSSR count). The smallest absolute Gasteiger partial charge is 0.355 e. The van der Waals surface area contributed by atoms with E-state index in [9.17, 15) is 27.6 Å². The van der Waals surface area contributed by atoms with E-state index in [0.29, 0.717) is 32.5 Å². The predicted molar refractivity (Wildman–Crippen MR) is 114 cm³/mol. The Bertz CT molecular complexity index is 957. The first kappa shape index (κ1) is 24.2. The number of nitrogens with zero attached hydrogens (tertiary/aromatic N) is 2. The van der Waals surface area contributed by atoms with Crippen LogP contribution in [0.1, 0.15) is 40.7 Å². The monoisotopic (exact) mass is 462 g/mol. The van der Waals surface area contributed by atoms with E-state index in [4.69, 9.17) is 0 Å². The molecular formula is C23H25F3N4O3. The summed E-state index contributed by atoms with van der Waals surface area (Å²) in [5, 5.41) is 5.53. The second kappa shape index (κ2) is 10.9. The van der Waals surface area contributed by atoms with Crippen LogP contribution in [0.3, 0.4) is 0 Å². The first-order chi connectivity index (χ1) is 15.7. The van der Waals surface area contributed by atoms with Crippen molar-refractivity contribution in [2.45, 2.75) is 32.0 Å². The van der Waals surface area contributed by atoms with Crippen LogP contribution >= 0.6 is 0 Å². The third-order valence-corrected chi connectivity index (χ3v) is 5.50. The normalized spacial score (nSPS) is 14.6. The highest BCUT2D eigenvalue weighted by Gasteiger charge is 2.31. The van der Waals surface area contributed by atoms with Crippen LogP contribution in [0.2, 0.25) is 0 Å². The molecule has 0 aliphatic carbocycles. The van der Waals surface area contributed by atoms with Crippen LogP contribution < -0.4 is 10.6 Å². The summed E-state index contributed by atoms with van der Waals surface area (Å²) in [5.41, 5.74) is 0.309. The Labute approximate surface area is 189 Å². The molecule has 0 atom stereocenters. The SMILES string of the molecule is O=C(CCNC(=O)C1CCN(C(=O)c2ccc(C(F)(F)F)cc2)CC1)NCc1ccncc1. The molecular weight excluding hydrogens is 437 g/mol. The molecule has 1 saturated heterocycles. The molecule has 1 aliphatic heterocycles. The number of amides is 3. The standard InChI is InChI=1S/C23H25F3N4O3/c24-23(25,26)19-3-1-18(2-4-19)22(33)30-13-8-17(9-14-30)21(32)28-12-7-20(31)29-15-16-5-10-27-11-6-16/h1-6,10-11,17H,7-9,12-15H2,(H,28,32)(H,29,31). The van der Waals surface area contributed by atoms with E-state index in [2.05, 4.69) is 15.6 Å². The lowest BCUT2D eigenvalue weighted by atomic mass is 9.95. The third kappa shape index (κ3) is 7.03. The van der Waals surface area contributed by atoms with Crippen LogP contribution in [0.5, 0.6) is 0 Å². The molecule has 0 spiro atoms. The minimum Gasteiger partial charge on any atom is -0.355 e. The van der Waals surface area contributed by atoms with Crippen molar-refractivity contribution < 1.29 is 27.6 Å². The van der Waals surface area contributed by atoms with Crippen LogP contribution in [-0.2, 0) is 22.3 Å². The second-order valence-corrected chi connectivity index (χ2v) is 7.81. The molecule has 1 fully saturated rings. The van der Waals surface area contributed by atoms with E-state index in [1.807, 2.05) is 0 Å². The summed E-state index contributed by atoms with van der Waals surface area (Å²) >= 11 is 0. The van der Waals surface area contributed by atoms with Gasteiger partial charge in [-0.05, 0) is 54.8 Å². The minimum atomic E-state index is -4.45. The van der Waals surface area contributed by atoms with Gasteiger partial charge in [0.15, 0.2) is 0 Å². The highest BCUT2D eigenvalue weighted by Crippen LogP contribution is 2.29. The highest BCUT2D eigenvalue weighted by atomic mass is 19.4. The number of hydrogen-bond acceptors (Lipinski definition) is 4. The van der Waals surface area contributed by atoms with E-state index >= 15 is 0 Å².